The van der Waals surface area contributed by atoms with Gasteiger partial charge < -0.3 is 5.32 Å². The number of amides is 1. The van der Waals surface area contributed by atoms with Crippen LogP contribution >= 0.6 is 0 Å². The summed E-state index contributed by atoms with van der Waals surface area (Å²) in [6.45, 7) is 0. The second-order valence-electron chi connectivity index (χ2n) is 4.31. The zero-order valence-corrected chi connectivity index (χ0v) is 11.8. The molecule has 106 valence electrons. The minimum absolute atomic E-state index is 0.111. The fraction of sp³-hybridized carbons (Fsp3) is 0.0667. The molecule has 0 aliphatic carbocycles. The van der Waals surface area contributed by atoms with Gasteiger partial charge in [-0.1, -0.05) is 18.2 Å². The van der Waals surface area contributed by atoms with Crippen molar-refractivity contribution in [1.82, 2.24) is 0 Å². The lowest BCUT2D eigenvalue weighted by molar-refractivity contribution is -0.113. The minimum Gasteiger partial charge on any atom is -0.325 e. The zero-order chi connectivity index (χ0) is 15.3. The highest BCUT2D eigenvalue weighted by molar-refractivity contribution is 7.92. The largest absolute Gasteiger partial charge is 0.325 e. The number of carbonyl (C=O) groups is 1. The number of benzene rings is 2. The Morgan fingerprint density at radius 3 is 2.24 bits per heavy atom. The number of sulfone groups is 1. The van der Waals surface area contributed by atoms with Crippen LogP contribution in [0.25, 0.3) is 0 Å². The molecular weight excluding hydrogens is 288 g/mol. The summed E-state index contributed by atoms with van der Waals surface area (Å²) in [5.74, 6) is -1.25. The van der Waals surface area contributed by atoms with E-state index in [4.69, 9.17) is 5.26 Å². The third-order valence-electron chi connectivity index (χ3n) is 2.72. The lowest BCUT2D eigenvalue weighted by Gasteiger charge is -2.06. The van der Waals surface area contributed by atoms with Gasteiger partial charge >= 0.3 is 0 Å². The summed E-state index contributed by atoms with van der Waals surface area (Å²) in [7, 11) is -3.66. The molecule has 0 saturated heterocycles. The van der Waals surface area contributed by atoms with Gasteiger partial charge in [-0.05, 0) is 36.4 Å². The van der Waals surface area contributed by atoms with Crippen molar-refractivity contribution >= 4 is 21.4 Å². The molecule has 0 radical (unpaired) electrons. The van der Waals surface area contributed by atoms with Gasteiger partial charge in [-0.3, -0.25) is 4.79 Å². The summed E-state index contributed by atoms with van der Waals surface area (Å²) in [5, 5.41) is 11.2. The fourth-order valence-corrected chi connectivity index (χ4v) is 2.86. The third kappa shape index (κ3) is 3.91. The van der Waals surface area contributed by atoms with Crippen LogP contribution in [0.15, 0.2) is 59.5 Å². The molecule has 2 aromatic carbocycles. The molecule has 21 heavy (non-hydrogen) atoms. The summed E-state index contributed by atoms with van der Waals surface area (Å²) in [4.78, 5) is 11.9. The highest BCUT2D eigenvalue weighted by Gasteiger charge is 2.18. The van der Waals surface area contributed by atoms with Gasteiger partial charge in [0.25, 0.3) is 0 Å². The number of nitrogens with zero attached hydrogens (tertiary/aromatic N) is 1. The second kappa shape index (κ2) is 6.20. The van der Waals surface area contributed by atoms with Crippen LogP contribution < -0.4 is 5.32 Å². The van der Waals surface area contributed by atoms with Crippen molar-refractivity contribution in [3.63, 3.8) is 0 Å². The Bertz CT molecular complexity index is 776. The summed E-state index contributed by atoms with van der Waals surface area (Å²) in [6.07, 6.45) is 0. The zero-order valence-electron chi connectivity index (χ0n) is 11.0. The molecule has 0 unspecified atom stereocenters. The van der Waals surface area contributed by atoms with E-state index in [0.29, 0.717) is 11.3 Å². The first-order chi connectivity index (χ1) is 10.0. The van der Waals surface area contributed by atoms with Gasteiger partial charge in [0, 0.05) is 5.69 Å². The first-order valence-corrected chi connectivity index (χ1v) is 7.74. The Labute approximate surface area is 122 Å². The molecule has 2 aromatic rings. The standard InChI is InChI=1S/C15H12N2O3S/c16-10-12-6-8-13(9-7-12)17-15(18)11-21(19,20)14-4-2-1-3-5-14/h1-9H,11H2,(H,17,18). The Hall–Kier alpha value is -2.65. The van der Waals surface area contributed by atoms with Crippen molar-refractivity contribution < 1.29 is 13.2 Å². The molecule has 1 N–H and O–H groups in total. The Morgan fingerprint density at radius 1 is 1.05 bits per heavy atom. The van der Waals surface area contributed by atoms with E-state index in [1.54, 1.807) is 42.5 Å². The maximum absolute atomic E-state index is 12.0. The number of hydrogen-bond donors (Lipinski definition) is 1. The number of hydrogen-bond acceptors (Lipinski definition) is 4. The SMILES string of the molecule is N#Cc1ccc(NC(=O)CS(=O)(=O)c2ccccc2)cc1. The van der Waals surface area contributed by atoms with Gasteiger partial charge in [-0.15, -0.1) is 0 Å². The second-order valence-corrected chi connectivity index (χ2v) is 6.30. The molecule has 6 heteroatoms. The summed E-state index contributed by atoms with van der Waals surface area (Å²) in [5.41, 5.74) is 0.909. The Balaban J connectivity index is 2.06. The highest BCUT2D eigenvalue weighted by Crippen LogP contribution is 2.12. The van der Waals surface area contributed by atoms with Gasteiger partial charge in [-0.2, -0.15) is 5.26 Å². The van der Waals surface area contributed by atoms with Crippen LogP contribution in [0, 0.1) is 11.3 Å². The monoisotopic (exact) mass is 300 g/mol. The number of nitrogens with one attached hydrogen (secondary N) is 1. The first-order valence-electron chi connectivity index (χ1n) is 6.09. The molecule has 1 amide bonds. The highest BCUT2D eigenvalue weighted by atomic mass is 32.2. The van der Waals surface area contributed by atoms with E-state index in [1.165, 1.54) is 12.1 Å². The maximum Gasteiger partial charge on any atom is 0.239 e. The van der Waals surface area contributed by atoms with Crippen LogP contribution in [0.1, 0.15) is 5.56 Å². The van der Waals surface area contributed by atoms with Crippen LogP contribution in [0.5, 0.6) is 0 Å². The first kappa shape index (κ1) is 14.8. The van der Waals surface area contributed by atoms with E-state index in [-0.39, 0.29) is 4.90 Å². The molecule has 0 bridgehead atoms. The molecule has 0 spiro atoms. The molecule has 0 heterocycles. The van der Waals surface area contributed by atoms with E-state index >= 15 is 0 Å². The van der Waals surface area contributed by atoms with Gasteiger partial charge in [0.1, 0.15) is 5.75 Å². The normalized spacial score (nSPS) is 10.6. The van der Waals surface area contributed by atoms with Crippen LogP contribution in [0.3, 0.4) is 0 Å². The van der Waals surface area contributed by atoms with Crippen molar-refractivity contribution in [2.75, 3.05) is 11.1 Å². The van der Waals surface area contributed by atoms with Crippen molar-refractivity contribution in [1.29, 1.82) is 5.26 Å². The molecule has 0 saturated carbocycles. The van der Waals surface area contributed by atoms with Crippen molar-refractivity contribution in [2.45, 2.75) is 4.90 Å². The summed E-state index contributed by atoms with van der Waals surface area (Å²) < 4.78 is 24.1. The van der Waals surface area contributed by atoms with E-state index in [0.717, 1.165) is 0 Å². The Kier molecular flexibility index (Phi) is 4.36. The average molecular weight is 300 g/mol. The van der Waals surface area contributed by atoms with Crippen LogP contribution in [0.2, 0.25) is 0 Å². The molecule has 0 aliphatic heterocycles. The molecule has 2 rings (SSSR count). The predicted octanol–water partition coefficient (Wildman–Crippen LogP) is 1.97. The van der Waals surface area contributed by atoms with Crippen LogP contribution in [-0.4, -0.2) is 20.1 Å². The molecule has 0 fully saturated rings. The topological polar surface area (TPSA) is 87.0 Å². The average Bonchev–Trinajstić information content (AvgIpc) is 2.48. The van der Waals surface area contributed by atoms with Crippen molar-refractivity contribution in [3.05, 3.63) is 60.2 Å². The number of nitriles is 1. The van der Waals surface area contributed by atoms with Gasteiger partial charge in [0.2, 0.25) is 5.91 Å². The maximum atomic E-state index is 12.0. The molecule has 0 atom stereocenters. The van der Waals surface area contributed by atoms with Crippen molar-refractivity contribution in [3.8, 4) is 6.07 Å². The van der Waals surface area contributed by atoms with Gasteiger partial charge in [0.05, 0.1) is 16.5 Å². The van der Waals surface area contributed by atoms with Gasteiger partial charge in [0.15, 0.2) is 9.84 Å². The van der Waals surface area contributed by atoms with Crippen LogP contribution in [0.4, 0.5) is 5.69 Å². The lowest BCUT2D eigenvalue weighted by atomic mass is 10.2. The molecule has 0 aromatic heterocycles. The third-order valence-corrected chi connectivity index (χ3v) is 4.35. The van der Waals surface area contributed by atoms with E-state index < -0.39 is 21.5 Å². The van der Waals surface area contributed by atoms with Crippen LogP contribution in [-0.2, 0) is 14.6 Å². The van der Waals surface area contributed by atoms with E-state index in [9.17, 15) is 13.2 Å². The predicted molar refractivity (Wildman–Crippen MR) is 78.3 cm³/mol. The lowest BCUT2D eigenvalue weighted by Crippen LogP contribution is -2.22. The molecular formula is C15H12N2O3S. The smallest absolute Gasteiger partial charge is 0.239 e. The van der Waals surface area contributed by atoms with E-state index in [1.807, 2.05) is 6.07 Å². The van der Waals surface area contributed by atoms with Gasteiger partial charge in [-0.25, -0.2) is 8.42 Å². The minimum atomic E-state index is -3.66. The number of anilines is 1. The number of rotatable bonds is 4. The molecule has 0 aliphatic rings. The number of carbonyl (C=O) groups excluding carboxylic acids is 1. The molecule has 5 nitrogen and oxygen atoms in total. The summed E-state index contributed by atoms with van der Waals surface area (Å²) >= 11 is 0. The Morgan fingerprint density at radius 2 is 1.67 bits per heavy atom. The summed E-state index contributed by atoms with van der Waals surface area (Å²) in [6, 6.07) is 15.9. The fourth-order valence-electron chi connectivity index (χ4n) is 1.71. The quantitative estimate of drug-likeness (QED) is 0.935. The van der Waals surface area contributed by atoms with E-state index in [2.05, 4.69) is 5.32 Å². The van der Waals surface area contributed by atoms with Crippen molar-refractivity contribution in [2.24, 2.45) is 0 Å².